The zero-order valence-corrected chi connectivity index (χ0v) is 14.7. The minimum Gasteiger partial charge on any atom is -0.491 e. The van der Waals surface area contributed by atoms with Crippen LogP contribution in [0, 0.1) is 0 Å². The summed E-state index contributed by atoms with van der Waals surface area (Å²) in [4.78, 5) is 0. The molecule has 3 N–H and O–H groups in total. The normalized spacial score (nSPS) is 12.7. The van der Waals surface area contributed by atoms with Gasteiger partial charge in [0.15, 0.2) is 0 Å². The third-order valence-electron chi connectivity index (χ3n) is 4.17. The summed E-state index contributed by atoms with van der Waals surface area (Å²) < 4.78 is 10.8. The van der Waals surface area contributed by atoms with Crippen LogP contribution in [0.2, 0.25) is 0 Å². The molecule has 1 atom stereocenters. The van der Waals surface area contributed by atoms with E-state index in [4.69, 9.17) is 19.7 Å². The average Bonchev–Trinajstić information content (AvgIpc) is 2.65. The fraction of sp³-hybridized carbons (Fsp3) is 0.400. The van der Waals surface area contributed by atoms with Crippen molar-refractivity contribution in [3.8, 4) is 11.5 Å². The molecule has 0 amide bonds. The highest BCUT2D eigenvalue weighted by atomic mass is 16.5. The van der Waals surface area contributed by atoms with Gasteiger partial charge in [0, 0.05) is 5.41 Å². The molecule has 0 aliphatic carbocycles. The lowest BCUT2D eigenvalue weighted by Gasteiger charge is -2.26. The maximum Gasteiger partial charge on any atom is 0.119 e. The number of hydrogen-bond donors (Lipinski definition) is 3. The molecule has 0 aliphatic heterocycles. The molecule has 0 aliphatic rings. The molecule has 1 unspecified atom stereocenters. The molecule has 2 aromatic carbocycles. The molecule has 0 bridgehead atoms. The molecule has 0 saturated heterocycles. The fourth-order valence-electron chi connectivity index (χ4n) is 2.51. The molecule has 0 fully saturated rings. The molecular weight excluding hydrogens is 320 g/mol. The Labute approximate surface area is 148 Å². The maximum absolute atomic E-state index is 9.33. The third kappa shape index (κ3) is 5.19. The summed E-state index contributed by atoms with van der Waals surface area (Å²) in [5, 5.41) is 26.9. The number of benzene rings is 2. The lowest BCUT2D eigenvalue weighted by atomic mass is 9.78. The number of aliphatic hydroxyl groups excluding tert-OH is 3. The zero-order valence-electron chi connectivity index (χ0n) is 14.7. The summed E-state index contributed by atoms with van der Waals surface area (Å²) >= 11 is 0. The van der Waals surface area contributed by atoms with Crippen molar-refractivity contribution in [1.29, 1.82) is 0 Å². The Kier molecular flexibility index (Phi) is 6.82. The first-order valence-corrected chi connectivity index (χ1v) is 8.34. The topological polar surface area (TPSA) is 79.2 Å². The highest BCUT2D eigenvalue weighted by Gasteiger charge is 2.23. The van der Waals surface area contributed by atoms with E-state index in [2.05, 4.69) is 13.8 Å². The van der Waals surface area contributed by atoms with Gasteiger partial charge < -0.3 is 24.8 Å². The van der Waals surface area contributed by atoms with Crippen LogP contribution >= 0.6 is 0 Å². The molecule has 2 rings (SSSR count). The van der Waals surface area contributed by atoms with Crippen molar-refractivity contribution in [3.63, 3.8) is 0 Å². The first-order valence-electron chi connectivity index (χ1n) is 8.34. The van der Waals surface area contributed by atoms with Gasteiger partial charge in [-0.2, -0.15) is 0 Å². The predicted molar refractivity (Wildman–Crippen MR) is 96.2 cm³/mol. The van der Waals surface area contributed by atoms with E-state index < -0.39 is 6.10 Å². The van der Waals surface area contributed by atoms with Crippen molar-refractivity contribution in [2.45, 2.75) is 25.4 Å². The minimum atomic E-state index is -0.873. The van der Waals surface area contributed by atoms with E-state index in [1.165, 1.54) is 0 Å². The molecule has 0 aromatic heterocycles. The Morgan fingerprint density at radius 3 is 1.76 bits per heavy atom. The lowest BCUT2D eigenvalue weighted by Crippen LogP contribution is -2.21. The molecule has 0 heterocycles. The molecule has 2 aromatic rings. The lowest BCUT2D eigenvalue weighted by molar-refractivity contribution is 0.0536. The van der Waals surface area contributed by atoms with Gasteiger partial charge in [-0.25, -0.2) is 0 Å². The van der Waals surface area contributed by atoms with Crippen molar-refractivity contribution in [2.75, 3.05) is 26.4 Å². The Morgan fingerprint density at radius 2 is 1.32 bits per heavy atom. The predicted octanol–water partition coefficient (Wildman–Crippen LogP) is 2.12. The molecule has 136 valence electrons. The molecule has 0 saturated carbocycles. The average molecular weight is 346 g/mol. The van der Waals surface area contributed by atoms with Crippen molar-refractivity contribution < 1.29 is 24.8 Å². The third-order valence-corrected chi connectivity index (χ3v) is 4.17. The van der Waals surface area contributed by atoms with Gasteiger partial charge in [0.1, 0.15) is 30.8 Å². The smallest absolute Gasteiger partial charge is 0.119 e. The van der Waals surface area contributed by atoms with Crippen LogP contribution in [-0.4, -0.2) is 47.9 Å². The standard InChI is InChI=1S/C20H26O5/c1-20(2,15-3-7-18(8-4-15)24-12-11-21)16-5-9-19(10-6-16)25-14-17(23)13-22/h3-10,17,21-23H,11-14H2,1-2H3. The number of ether oxygens (including phenoxy) is 2. The van der Waals surface area contributed by atoms with Gasteiger partial charge in [-0.3, -0.25) is 0 Å². The van der Waals surface area contributed by atoms with Crippen molar-refractivity contribution in [1.82, 2.24) is 0 Å². The number of hydrogen-bond acceptors (Lipinski definition) is 5. The summed E-state index contributed by atoms with van der Waals surface area (Å²) in [7, 11) is 0. The molecule has 5 nitrogen and oxygen atoms in total. The molecular formula is C20H26O5. The van der Waals surface area contributed by atoms with Gasteiger partial charge in [0.05, 0.1) is 13.2 Å². The summed E-state index contributed by atoms with van der Waals surface area (Å²) in [5.74, 6) is 1.39. The molecule has 0 radical (unpaired) electrons. The van der Waals surface area contributed by atoms with Gasteiger partial charge in [-0.05, 0) is 35.4 Å². The van der Waals surface area contributed by atoms with Crippen LogP contribution in [0.15, 0.2) is 48.5 Å². The van der Waals surface area contributed by atoms with Gasteiger partial charge in [0.25, 0.3) is 0 Å². The second-order valence-electron chi connectivity index (χ2n) is 6.39. The minimum absolute atomic E-state index is 0.00298. The number of rotatable bonds is 9. The summed E-state index contributed by atoms with van der Waals surface area (Å²) in [5.41, 5.74) is 2.08. The van der Waals surface area contributed by atoms with Crippen LogP contribution < -0.4 is 9.47 Å². The van der Waals surface area contributed by atoms with Crippen LogP contribution in [-0.2, 0) is 5.41 Å². The first-order chi connectivity index (χ1) is 12.0. The van der Waals surface area contributed by atoms with E-state index in [1.807, 2.05) is 48.5 Å². The molecule has 0 spiro atoms. The van der Waals surface area contributed by atoms with Crippen LogP contribution in [0.1, 0.15) is 25.0 Å². The van der Waals surface area contributed by atoms with E-state index in [0.29, 0.717) is 5.75 Å². The Hall–Kier alpha value is -2.08. The van der Waals surface area contributed by atoms with Gasteiger partial charge >= 0.3 is 0 Å². The Bertz CT molecular complexity index is 634. The van der Waals surface area contributed by atoms with E-state index in [9.17, 15) is 5.11 Å². The quantitative estimate of drug-likeness (QED) is 0.648. The van der Waals surface area contributed by atoms with Crippen molar-refractivity contribution in [2.24, 2.45) is 0 Å². The first kappa shape index (κ1) is 19.2. The molecule has 25 heavy (non-hydrogen) atoms. The van der Waals surface area contributed by atoms with E-state index in [0.717, 1.165) is 16.9 Å². The van der Waals surface area contributed by atoms with Gasteiger partial charge in [-0.15, -0.1) is 0 Å². The van der Waals surface area contributed by atoms with E-state index >= 15 is 0 Å². The van der Waals surface area contributed by atoms with Gasteiger partial charge in [-0.1, -0.05) is 38.1 Å². The largest absolute Gasteiger partial charge is 0.491 e. The highest BCUT2D eigenvalue weighted by molar-refractivity contribution is 5.41. The maximum atomic E-state index is 9.33. The van der Waals surface area contributed by atoms with Crippen molar-refractivity contribution in [3.05, 3.63) is 59.7 Å². The zero-order chi connectivity index (χ0) is 18.3. The Balaban J connectivity index is 2.07. The second kappa shape index (κ2) is 8.85. The fourth-order valence-corrected chi connectivity index (χ4v) is 2.51. The number of aliphatic hydroxyl groups is 3. The SMILES string of the molecule is CC(C)(c1ccc(OCCO)cc1)c1ccc(OCC(O)CO)cc1. The summed E-state index contributed by atoms with van der Waals surface area (Å²) in [6, 6.07) is 15.6. The Morgan fingerprint density at radius 1 is 0.840 bits per heavy atom. The van der Waals surface area contributed by atoms with Crippen LogP contribution in [0.4, 0.5) is 0 Å². The second-order valence-corrected chi connectivity index (χ2v) is 6.39. The van der Waals surface area contributed by atoms with Crippen LogP contribution in [0.5, 0.6) is 11.5 Å². The van der Waals surface area contributed by atoms with E-state index in [1.54, 1.807) is 0 Å². The summed E-state index contributed by atoms with van der Waals surface area (Å²) in [6.07, 6.45) is -0.873. The van der Waals surface area contributed by atoms with Gasteiger partial charge in [0.2, 0.25) is 0 Å². The molecule has 5 heteroatoms. The highest BCUT2D eigenvalue weighted by Crippen LogP contribution is 2.33. The van der Waals surface area contributed by atoms with Crippen LogP contribution in [0.25, 0.3) is 0 Å². The monoisotopic (exact) mass is 346 g/mol. The van der Waals surface area contributed by atoms with Crippen LogP contribution in [0.3, 0.4) is 0 Å². The van der Waals surface area contributed by atoms with E-state index in [-0.39, 0.29) is 31.8 Å². The van der Waals surface area contributed by atoms with Crippen molar-refractivity contribution >= 4 is 0 Å². The summed E-state index contributed by atoms with van der Waals surface area (Å²) in [6.45, 7) is 4.31.